The number of carbonyl (C=O) groups is 1. The van der Waals surface area contributed by atoms with Crippen LogP contribution in [0.5, 0.6) is 0 Å². The monoisotopic (exact) mass is 202 g/mol. The van der Waals surface area contributed by atoms with Crippen molar-refractivity contribution in [1.82, 2.24) is 5.32 Å². The van der Waals surface area contributed by atoms with E-state index in [9.17, 15) is 9.90 Å². The maximum atomic E-state index is 10.7. The number of nitrogens with two attached hydrogens (primary N) is 1. The Balaban J connectivity index is 3.82. The number of nitrogens with one attached hydrogen (secondary N) is 1. The summed E-state index contributed by atoms with van der Waals surface area (Å²) in [5.41, 5.74) is 4.14. The zero-order chi connectivity index (χ0) is 11.4. The summed E-state index contributed by atoms with van der Waals surface area (Å²) < 4.78 is 0. The largest absolute Gasteiger partial charge is 0.390 e. The van der Waals surface area contributed by atoms with E-state index in [1.54, 1.807) is 13.8 Å². The summed E-state index contributed by atoms with van der Waals surface area (Å²) in [4.78, 5) is 10.7. The van der Waals surface area contributed by atoms with Gasteiger partial charge in [-0.25, -0.2) is 0 Å². The average Bonchev–Trinajstić information content (AvgIpc) is 1.78. The predicted octanol–water partition coefficient (Wildman–Crippen LogP) is 0.391. The number of aliphatic hydroxyl groups is 1. The van der Waals surface area contributed by atoms with E-state index in [2.05, 4.69) is 5.32 Å². The van der Waals surface area contributed by atoms with Crippen molar-refractivity contribution >= 4 is 5.91 Å². The Morgan fingerprint density at radius 2 is 1.86 bits per heavy atom. The minimum atomic E-state index is -0.671. The van der Waals surface area contributed by atoms with Crippen molar-refractivity contribution in [2.24, 2.45) is 5.73 Å². The van der Waals surface area contributed by atoms with Crippen LogP contribution in [0, 0.1) is 0 Å². The number of amides is 1. The van der Waals surface area contributed by atoms with Crippen molar-refractivity contribution < 1.29 is 9.90 Å². The van der Waals surface area contributed by atoms with Gasteiger partial charge in [-0.2, -0.15) is 0 Å². The lowest BCUT2D eigenvalue weighted by Crippen LogP contribution is -2.44. The third-order valence-corrected chi connectivity index (χ3v) is 1.96. The summed E-state index contributed by atoms with van der Waals surface area (Å²) in [5.74, 6) is -0.314. The van der Waals surface area contributed by atoms with Gasteiger partial charge in [-0.1, -0.05) is 0 Å². The van der Waals surface area contributed by atoms with Gasteiger partial charge in [0.25, 0.3) is 0 Å². The molecule has 0 bridgehead atoms. The molecule has 0 aromatic carbocycles. The molecule has 0 aliphatic carbocycles. The van der Waals surface area contributed by atoms with E-state index in [1.165, 1.54) is 0 Å². The Morgan fingerprint density at radius 3 is 2.21 bits per heavy atom. The maximum absolute atomic E-state index is 10.7. The predicted molar refractivity (Wildman–Crippen MR) is 56.8 cm³/mol. The molecule has 0 atom stereocenters. The zero-order valence-corrected chi connectivity index (χ0v) is 9.55. The highest BCUT2D eigenvalue weighted by molar-refractivity contribution is 5.74. The third-order valence-electron chi connectivity index (χ3n) is 1.96. The quantitative estimate of drug-likeness (QED) is 0.583. The molecule has 0 fully saturated rings. The minimum absolute atomic E-state index is 0.295. The van der Waals surface area contributed by atoms with E-state index in [0.29, 0.717) is 19.4 Å². The maximum Gasteiger partial charge on any atom is 0.219 e. The molecule has 84 valence electrons. The molecule has 0 spiro atoms. The molecule has 4 heteroatoms. The normalized spacial score (nSPS) is 12.9. The van der Waals surface area contributed by atoms with E-state index < -0.39 is 5.60 Å². The van der Waals surface area contributed by atoms with E-state index in [0.717, 1.165) is 0 Å². The molecule has 0 aliphatic heterocycles. The van der Waals surface area contributed by atoms with Crippen molar-refractivity contribution in [3.05, 3.63) is 0 Å². The molecule has 0 rings (SSSR count). The van der Waals surface area contributed by atoms with Gasteiger partial charge in [0.05, 0.1) is 5.60 Å². The van der Waals surface area contributed by atoms with Gasteiger partial charge < -0.3 is 16.2 Å². The Labute approximate surface area is 85.9 Å². The van der Waals surface area contributed by atoms with Crippen LogP contribution in [0.25, 0.3) is 0 Å². The molecular formula is C10H22N2O2. The number of hydrogen-bond donors (Lipinski definition) is 3. The van der Waals surface area contributed by atoms with Crippen molar-refractivity contribution in [3.63, 3.8) is 0 Å². The average molecular weight is 202 g/mol. The van der Waals surface area contributed by atoms with Crippen LogP contribution in [0.1, 0.15) is 40.5 Å². The molecule has 0 unspecified atom stereocenters. The molecule has 4 N–H and O–H groups in total. The molecule has 4 nitrogen and oxygen atoms in total. The minimum Gasteiger partial charge on any atom is -0.390 e. The smallest absolute Gasteiger partial charge is 0.219 e. The van der Waals surface area contributed by atoms with Crippen molar-refractivity contribution in [2.45, 2.75) is 51.7 Å². The molecule has 0 radical (unpaired) electrons. The lowest BCUT2D eigenvalue weighted by Gasteiger charge is -2.27. The molecule has 0 aromatic rings. The highest BCUT2D eigenvalue weighted by atomic mass is 16.3. The topological polar surface area (TPSA) is 75.3 Å². The first-order chi connectivity index (χ1) is 6.12. The number of carbonyl (C=O) groups excluding carboxylic acids is 1. The van der Waals surface area contributed by atoms with Crippen LogP contribution >= 0.6 is 0 Å². The zero-order valence-electron chi connectivity index (χ0n) is 9.55. The summed E-state index contributed by atoms with van der Waals surface area (Å²) >= 11 is 0. The van der Waals surface area contributed by atoms with Crippen molar-refractivity contribution in [3.8, 4) is 0 Å². The van der Waals surface area contributed by atoms with Gasteiger partial charge in [0.2, 0.25) is 5.91 Å². The first-order valence-corrected chi connectivity index (χ1v) is 4.88. The lowest BCUT2D eigenvalue weighted by atomic mass is 9.99. The fourth-order valence-corrected chi connectivity index (χ4v) is 1.20. The van der Waals surface area contributed by atoms with Gasteiger partial charge >= 0.3 is 0 Å². The summed E-state index contributed by atoms with van der Waals surface area (Å²) in [6, 6.07) is 0. The lowest BCUT2D eigenvalue weighted by molar-refractivity contribution is -0.119. The summed E-state index contributed by atoms with van der Waals surface area (Å²) in [7, 11) is 0. The fourth-order valence-electron chi connectivity index (χ4n) is 1.20. The van der Waals surface area contributed by atoms with Crippen LogP contribution in [0.3, 0.4) is 0 Å². The highest BCUT2D eigenvalue weighted by Crippen LogP contribution is 2.10. The first-order valence-electron chi connectivity index (χ1n) is 4.88. The molecule has 0 saturated carbocycles. The Kier molecular flexibility index (Phi) is 4.55. The van der Waals surface area contributed by atoms with E-state index in [1.807, 2.05) is 13.8 Å². The van der Waals surface area contributed by atoms with Gasteiger partial charge in [0, 0.05) is 12.0 Å². The van der Waals surface area contributed by atoms with Crippen LogP contribution in [-0.4, -0.2) is 28.7 Å². The summed E-state index contributed by atoms with van der Waals surface area (Å²) in [5, 5.41) is 12.7. The van der Waals surface area contributed by atoms with Gasteiger partial charge in [-0.3, -0.25) is 4.79 Å². The second-order valence-corrected chi connectivity index (χ2v) is 5.02. The van der Waals surface area contributed by atoms with Crippen molar-refractivity contribution in [1.29, 1.82) is 0 Å². The molecule has 0 heterocycles. The van der Waals surface area contributed by atoms with Crippen LogP contribution in [-0.2, 0) is 4.79 Å². The Hall–Kier alpha value is -0.610. The summed E-state index contributed by atoms with van der Waals surface area (Å²) in [6.07, 6.45) is 0.952. The third kappa shape index (κ3) is 8.01. The molecule has 1 amide bonds. The van der Waals surface area contributed by atoms with Crippen LogP contribution < -0.4 is 11.1 Å². The molecule has 0 aliphatic rings. The second-order valence-electron chi connectivity index (χ2n) is 5.02. The van der Waals surface area contributed by atoms with Gasteiger partial charge in [0.1, 0.15) is 0 Å². The number of primary amides is 1. The Morgan fingerprint density at radius 1 is 1.36 bits per heavy atom. The second kappa shape index (κ2) is 4.75. The Bertz CT molecular complexity index is 195. The number of hydrogen-bond acceptors (Lipinski definition) is 3. The van der Waals surface area contributed by atoms with E-state index in [4.69, 9.17) is 5.73 Å². The SMILES string of the molecule is CC(C)(O)CCNC(C)(C)CC(N)=O. The van der Waals surface area contributed by atoms with Gasteiger partial charge in [-0.15, -0.1) is 0 Å². The molecule has 0 saturated heterocycles. The molecule has 0 aromatic heterocycles. The van der Waals surface area contributed by atoms with E-state index >= 15 is 0 Å². The standard InChI is InChI=1S/C10H22N2O2/c1-9(2,7-8(11)13)12-6-5-10(3,4)14/h12,14H,5-7H2,1-4H3,(H2,11,13). The van der Waals surface area contributed by atoms with Crippen molar-refractivity contribution in [2.75, 3.05) is 6.54 Å². The molecular weight excluding hydrogens is 180 g/mol. The molecule has 14 heavy (non-hydrogen) atoms. The highest BCUT2D eigenvalue weighted by Gasteiger charge is 2.21. The van der Waals surface area contributed by atoms with E-state index in [-0.39, 0.29) is 11.4 Å². The van der Waals surface area contributed by atoms with Gasteiger partial charge in [-0.05, 0) is 40.7 Å². The van der Waals surface area contributed by atoms with Crippen LogP contribution in [0.2, 0.25) is 0 Å². The number of rotatable bonds is 6. The fraction of sp³-hybridized carbons (Fsp3) is 0.900. The van der Waals surface area contributed by atoms with Crippen LogP contribution in [0.4, 0.5) is 0 Å². The first kappa shape index (κ1) is 13.4. The van der Waals surface area contributed by atoms with Crippen LogP contribution in [0.15, 0.2) is 0 Å². The van der Waals surface area contributed by atoms with Gasteiger partial charge in [0.15, 0.2) is 0 Å². The summed E-state index contributed by atoms with van der Waals surface area (Å²) in [6.45, 7) is 8.03.